The van der Waals surface area contributed by atoms with Gasteiger partial charge in [0.05, 0.1) is 7.85 Å². The molecule has 1 unspecified atom stereocenters. The molecule has 0 aromatic heterocycles. The van der Waals surface area contributed by atoms with Gasteiger partial charge in [-0.05, 0) is 17.5 Å². The molecule has 0 aromatic rings. The largest absolute Gasteiger partial charge is 0.399 e. The lowest BCUT2D eigenvalue weighted by Gasteiger charge is -2.12. The maximum absolute atomic E-state index is 5.78. The van der Waals surface area contributed by atoms with Gasteiger partial charge >= 0.3 is 0 Å². The molecule has 0 saturated carbocycles. The van der Waals surface area contributed by atoms with Crippen LogP contribution in [0.25, 0.3) is 0 Å². The van der Waals surface area contributed by atoms with Crippen molar-refractivity contribution in [2.45, 2.75) is 12.2 Å². The third-order valence-electron chi connectivity index (χ3n) is 1.38. The zero-order chi connectivity index (χ0) is 7.61. The summed E-state index contributed by atoms with van der Waals surface area (Å²) in [5.41, 5.74) is 6.26. The number of nitrogens with two attached hydrogens (primary N) is 1. The summed E-state index contributed by atoms with van der Waals surface area (Å²) in [6, 6.07) is 0. The highest BCUT2D eigenvalue weighted by atomic mass is 14.5. The van der Waals surface area contributed by atoms with Gasteiger partial charge in [0.2, 0.25) is 0 Å². The van der Waals surface area contributed by atoms with E-state index < -0.39 is 0 Å². The summed E-state index contributed by atoms with van der Waals surface area (Å²) in [7, 11) is 5.78. The van der Waals surface area contributed by atoms with Gasteiger partial charge < -0.3 is 5.73 Å². The molecule has 2 N–H and O–H groups in total. The molecule has 0 spiro atoms. The minimum atomic E-state index is -0.350. The van der Waals surface area contributed by atoms with E-state index >= 15 is 0 Å². The molecule has 1 aliphatic rings. The van der Waals surface area contributed by atoms with Crippen molar-refractivity contribution in [1.82, 2.24) is 0 Å². The predicted molar refractivity (Wildman–Crippen MR) is 44.7 cm³/mol. The normalized spacial score (nSPS) is 31.5. The van der Waals surface area contributed by atoms with Crippen molar-refractivity contribution in [2.75, 3.05) is 0 Å². The molecule has 1 rings (SSSR count). The fourth-order valence-electron chi connectivity index (χ4n) is 0.753. The van der Waals surface area contributed by atoms with E-state index in [0.717, 1.165) is 5.70 Å². The fourth-order valence-corrected chi connectivity index (χ4v) is 0.753. The Morgan fingerprint density at radius 2 is 2.20 bits per heavy atom. The van der Waals surface area contributed by atoms with Crippen LogP contribution in [0.1, 0.15) is 6.92 Å². The smallest absolute Gasteiger partial charge is 0.0854 e. The van der Waals surface area contributed by atoms with Crippen LogP contribution in [0.3, 0.4) is 0 Å². The minimum absolute atomic E-state index is 0.350. The Hall–Kier alpha value is -0.915. The van der Waals surface area contributed by atoms with Gasteiger partial charge in [-0.3, -0.25) is 0 Å². The first kappa shape index (κ1) is 7.20. The molecular weight excluding hydrogens is 121 g/mol. The van der Waals surface area contributed by atoms with Crippen LogP contribution in [0.4, 0.5) is 0 Å². The first-order chi connectivity index (χ1) is 4.60. The van der Waals surface area contributed by atoms with Crippen molar-refractivity contribution in [2.24, 2.45) is 5.73 Å². The van der Waals surface area contributed by atoms with E-state index in [9.17, 15) is 0 Å². The number of rotatable bonds is 0. The third-order valence-corrected chi connectivity index (χ3v) is 1.38. The molecular formula is C8H10BN. The van der Waals surface area contributed by atoms with Gasteiger partial charge in [0.1, 0.15) is 0 Å². The maximum Gasteiger partial charge on any atom is 0.0854 e. The van der Waals surface area contributed by atoms with E-state index in [1.807, 2.05) is 37.3 Å². The first-order valence-electron chi connectivity index (χ1n) is 3.23. The van der Waals surface area contributed by atoms with E-state index in [4.69, 9.17) is 13.6 Å². The summed E-state index contributed by atoms with van der Waals surface area (Å²) in [4.78, 5) is 0. The lowest BCUT2D eigenvalue weighted by atomic mass is 9.70. The second kappa shape index (κ2) is 2.37. The number of hydrogen-bond acceptors (Lipinski definition) is 1. The van der Waals surface area contributed by atoms with Crippen molar-refractivity contribution >= 4 is 7.85 Å². The monoisotopic (exact) mass is 131 g/mol. The number of allylic oxidation sites excluding steroid dienone is 5. The average molecular weight is 131 g/mol. The molecule has 1 aliphatic carbocycles. The Balaban J connectivity index is 2.88. The van der Waals surface area contributed by atoms with Crippen molar-refractivity contribution in [3.05, 3.63) is 36.1 Å². The van der Waals surface area contributed by atoms with Gasteiger partial charge in [0.15, 0.2) is 0 Å². The molecule has 0 fully saturated rings. The summed E-state index contributed by atoms with van der Waals surface area (Å²) in [6.07, 6.45) is 9.30. The average Bonchev–Trinajstić information content (AvgIpc) is 1.94. The Bertz CT molecular complexity index is 211. The summed E-state index contributed by atoms with van der Waals surface area (Å²) in [5, 5.41) is -0.350. The molecule has 2 radical (unpaired) electrons. The van der Waals surface area contributed by atoms with E-state index in [1.54, 1.807) is 0 Å². The second-order valence-electron chi connectivity index (χ2n) is 2.73. The maximum atomic E-state index is 5.78. The second-order valence-corrected chi connectivity index (χ2v) is 2.73. The molecule has 0 aromatic carbocycles. The quantitative estimate of drug-likeness (QED) is 0.492. The molecule has 0 heterocycles. The van der Waals surface area contributed by atoms with Crippen molar-refractivity contribution in [3.63, 3.8) is 0 Å². The van der Waals surface area contributed by atoms with Crippen molar-refractivity contribution in [1.29, 1.82) is 0 Å². The van der Waals surface area contributed by atoms with Gasteiger partial charge in [0, 0.05) is 5.70 Å². The predicted octanol–water partition coefficient (Wildman–Crippen LogP) is 1.30. The molecule has 10 heavy (non-hydrogen) atoms. The molecule has 0 saturated heterocycles. The Morgan fingerprint density at radius 1 is 1.50 bits per heavy atom. The van der Waals surface area contributed by atoms with Gasteiger partial charge in [-0.25, -0.2) is 0 Å². The highest BCUT2D eigenvalue weighted by Crippen LogP contribution is 2.25. The van der Waals surface area contributed by atoms with Crippen molar-refractivity contribution < 1.29 is 0 Å². The van der Waals surface area contributed by atoms with Gasteiger partial charge in [0.25, 0.3) is 0 Å². The van der Waals surface area contributed by atoms with Gasteiger partial charge in [-0.2, -0.15) is 0 Å². The molecule has 1 atom stereocenters. The van der Waals surface area contributed by atoms with Crippen LogP contribution in [0.5, 0.6) is 0 Å². The Kier molecular flexibility index (Phi) is 1.71. The first-order valence-corrected chi connectivity index (χ1v) is 3.23. The van der Waals surface area contributed by atoms with Crippen LogP contribution in [-0.2, 0) is 0 Å². The molecule has 0 amide bonds. The zero-order valence-corrected chi connectivity index (χ0v) is 6.04. The molecule has 50 valence electrons. The van der Waals surface area contributed by atoms with Crippen LogP contribution >= 0.6 is 0 Å². The highest BCUT2D eigenvalue weighted by Gasteiger charge is 2.08. The zero-order valence-electron chi connectivity index (χ0n) is 6.04. The summed E-state index contributed by atoms with van der Waals surface area (Å²) < 4.78 is 0. The SMILES string of the molecule is [B]C1(C)C=CC=C(N)C=C1. The van der Waals surface area contributed by atoms with Crippen LogP contribution in [0.2, 0.25) is 5.31 Å². The number of hydrogen-bond donors (Lipinski definition) is 1. The lowest BCUT2D eigenvalue weighted by molar-refractivity contribution is 0.970. The topological polar surface area (TPSA) is 26.0 Å². The van der Waals surface area contributed by atoms with Gasteiger partial charge in [-0.15, -0.1) is 0 Å². The van der Waals surface area contributed by atoms with Crippen LogP contribution in [0.15, 0.2) is 36.1 Å². The molecule has 0 aliphatic heterocycles. The fraction of sp³-hybridized carbons (Fsp3) is 0.250. The standard InChI is InChI=1S/C8H10BN/c1-8(9)5-2-3-7(10)4-6-8/h2-6H,10H2,1H3. The molecule has 2 heteroatoms. The summed E-state index contributed by atoms with van der Waals surface area (Å²) in [5.74, 6) is 0. The molecule has 1 nitrogen and oxygen atoms in total. The van der Waals surface area contributed by atoms with E-state index in [0.29, 0.717) is 0 Å². The highest BCUT2D eigenvalue weighted by molar-refractivity contribution is 6.18. The van der Waals surface area contributed by atoms with Crippen LogP contribution in [-0.4, -0.2) is 7.85 Å². The summed E-state index contributed by atoms with van der Waals surface area (Å²) >= 11 is 0. The molecule has 0 bridgehead atoms. The van der Waals surface area contributed by atoms with Crippen LogP contribution < -0.4 is 5.73 Å². The summed E-state index contributed by atoms with van der Waals surface area (Å²) in [6.45, 7) is 1.92. The Morgan fingerprint density at radius 3 is 2.90 bits per heavy atom. The van der Waals surface area contributed by atoms with Gasteiger partial charge in [-0.1, -0.05) is 25.2 Å². The lowest BCUT2D eigenvalue weighted by Crippen LogP contribution is -1.98. The van der Waals surface area contributed by atoms with Crippen LogP contribution in [0, 0.1) is 0 Å². The van der Waals surface area contributed by atoms with E-state index in [1.165, 1.54) is 0 Å². The van der Waals surface area contributed by atoms with E-state index in [-0.39, 0.29) is 5.31 Å². The van der Waals surface area contributed by atoms with E-state index in [2.05, 4.69) is 0 Å². The van der Waals surface area contributed by atoms with Crippen molar-refractivity contribution in [3.8, 4) is 0 Å². The third kappa shape index (κ3) is 1.80. The Labute approximate surface area is 62.7 Å². The minimum Gasteiger partial charge on any atom is -0.399 e.